The van der Waals surface area contributed by atoms with Crippen LogP contribution in [0.3, 0.4) is 0 Å². The second kappa shape index (κ2) is 8.29. The minimum Gasteiger partial charge on any atom is -0.316 e. The molecule has 2 N–H and O–H groups in total. The molecule has 0 saturated heterocycles. The van der Waals surface area contributed by atoms with Gasteiger partial charge in [-0.15, -0.1) is 12.4 Å². The molecular formula is C16H21ClN2O2S. The Kier molecular flexibility index (Phi) is 7.03. The van der Waals surface area contributed by atoms with Crippen LogP contribution in [0.1, 0.15) is 6.92 Å². The fraction of sp³-hybridized carbons (Fsp3) is 0.250. The highest BCUT2D eigenvalue weighted by molar-refractivity contribution is 7.89. The van der Waals surface area contributed by atoms with Crippen molar-refractivity contribution in [2.24, 2.45) is 0 Å². The molecule has 0 bridgehead atoms. The van der Waals surface area contributed by atoms with E-state index in [-0.39, 0.29) is 23.3 Å². The van der Waals surface area contributed by atoms with Crippen LogP contribution in [0.25, 0.3) is 11.1 Å². The van der Waals surface area contributed by atoms with Gasteiger partial charge in [0.25, 0.3) is 0 Å². The Labute approximate surface area is 138 Å². The molecule has 0 saturated carbocycles. The van der Waals surface area contributed by atoms with Gasteiger partial charge in [0.05, 0.1) is 4.90 Å². The topological polar surface area (TPSA) is 58.2 Å². The lowest BCUT2D eigenvalue weighted by Gasteiger charge is -2.12. The van der Waals surface area contributed by atoms with E-state index < -0.39 is 10.0 Å². The van der Waals surface area contributed by atoms with E-state index >= 15 is 0 Å². The van der Waals surface area contributed by atoms with Gasteiger partial charge in [0.1, 0.15) is 0 Å². The predicted octanol–water partition coefficient (Wildman–Crippen LogP) is 2.66. The molecule has 1 unspecified atom stereocenters. The Morgan fingerprint density at radius 2 is 1.50 bits per heavy atom. The van der Waals surface area contributed by atoms with E-state index in [2.05, 4.69) is 10.0 Å². The van der Waals surface area contributed by atoms with E-state index in [9.17, 15) is 8.42 Å². The Morgan fingerprint density at radius 3 is 2.05 bits per heavy atom. The highest BCUT2D eigenvalue weighted by Crippen LogP contribution is 2.20. The molecule has 120 valence electrons. The summed E-state index contributed by atoms with van der Waals surface area (Å²) in [5.74, 6) is 0. The molecule has 2 aromatic carbocycles. The summed E-state index contributed by atoms with van der Waals surface area (Å²) in [7, 11) is -1.66. The summed E-state index contributed by atoms with van der Waals surface area (Å²) in [5, 5.41) is 2.99. The maximum atomic E-state index is 12.2. The molecule has 6 heteroatoms. The van der Waals surface area contributed by atoms with Crippen LogP contribution in [-0.2, 0) is 10.0 Å². The van der Waals surface area contributed by atoms with Crippen LogP contribution < -0.4 is 10.0 Å². The number of sulfonamides is 1. The monoisotopic (exact) mass is 340 g/mol. The van der Waals surface area contributed by atoms with Crippen LogP contribution in [0.2, 0.25) is 0 Å². The minimum absolute atomic E-state index is 0. The third kappa shape index (κ3) is 4.81. The summed E-state index contributed by atoms with van der Waals surface area (Å²) in [6.45, 7) is 2.28. The summed E-state index contributed by atoms with van der Waals surface area (Å²) in [6, 6.07) is 16.9. The summed E-state index contributed by atoms with van der Waals surface area (Å²) in [6.07, 6.45) is 0. The number of halogens is 1. The summed E-state index contributed by atoms with van der Waals surface area (Å²) < 4.78 is 26.9. The molecule has 2 rings (SSSR count). The number of nitrogens with one attached hydrogen (secondary N) is 2. The lowest BCUT2D eigenvalue weighted by molar-refractivity contribution is 0.554. The Morgan fingerprint density at radius 1 is 0.955 bits per heavy atom. The number of rotatable bonds is 6. The number of likely N-dealkylation sites (N-methyl/N-ethyl adjacent to an activating group) is 1. The largest absolute Gasteiger partial charge is 0.316 e. The molecule has 4 nitrogen and oxygen atoms in total. The van der Waals surface area contributed by atoms with E-state index in [0.717, 1.165) is 11.1 Å². The zero-order valence-corrected chi connectivity index (χ0v) is 14.2. The molecule has 22 heavy (non-hydrogen) atoms. The summed E-state index contributed by atoms with van der Waals surface area (Å²) >= 11 is 0. The van der Waals surface area contributed by atoms with Gasteiger partial charge < -0.3 is 5.32 Å². The SMILES string of the molecule is CNC(C)CNS(=O)(=O)c1ccc(-c2ccccc2)cc1.Cl. The van der Waals surface area contributed by atoms with Crippen molar-refractivity contribution in [3.8, 4) is 11.1 Å². The fourth-order valence-corrected chi connectivity index (χ4v) is 3.01. The van der Waals surface area contributed by atoms with Crippen molar-refractivity contribution in [1.29, 1.82) is 0 Å². The molecule has 2 aromatic rings. The predicted molar refractivity (Wildman–Crippen MR) is 92.8 cm³/mol. The lowest BCUT2D eigenvalue weighted by atomic mass is 10.1. The van der Waals surface area contributed by atoms with E-state index in [1.807, 2.05) is 49.4 Å². The summed E-state index contributed by atoms with van der Waals surface area (Å²) in [5.41, 5.74) is 2.07. The van der Waals surface area contributed by atoms with Crippen molar-refractivity contribution in [3.63, 3.8) is 0 Å². The van der Waals surface area contributed by atoms with E-state index in [0.29, 0.717) is 6.54 Å². The summed E-state index contributed by atoms with van der Waals surface area (Å²) in [4.78, 5) is 0.283. The molecule has 0 aliphatic carbocycles. The third-order valence-electron chi connectivity index (χ3n) is 3.34. The van der Waals surface area contributed by atoms with Gasteiger partial charge in [0.2, 0.25) is 10.0 Å². The second-order valence-electron chi connectivity index (χ2n) is 4.93. The molecule has 0 aliphatic heterocycles. The van der Waals surface area contributed by atoms with Crippen molar-refractivity contribution in [2.45, 2.75) is 17.9 Å². The quantitative estimate of drug-likeness (QED) is 0.850. The maximum absolute atomic E-state index is 12.2. The van der Waals surface area contributed by atoms with Crippen LogP contribution >= 0.6 is 12.4 Å². The third-order valence-corrected chi connectivity index (χ3v) is 4.78. The first kappa shape index (κ1) is 18.6. The van der Waals surface area contributed by atoms with Crippen molar-refractivity contribution < 1.29 is 8.42 Å². The molecular weight excluding hydrogens is 320 g/mol. The zero-order chi connectivity index (χ0) is 15.3. The Balaban J connectivity index is 0.00000242. The molecule has 0 aromatic heterocycles. The molecule has 0 amide bonds. The standard InChI is InChI=1S/C16H20N2O2S.ClH/c1-13(17-2)12-18-21(19,20)16-10-8-15(9-11-16)14-6-4-3-5-7-14;/h3-11,13,17-18H,12H2,1-2H3;1H. The molecule has 0 heterocycles. The first-order valence-electron chi connectivity index (χ1n) is 6.85. The van der Waals surface area contributed by atoms with Crippen LogP contribution in [0.4, 0.5) is 0 Å². The first-order valence-corrected chi connectivity index (χ1v) is 8.33. The van der Waals surface area contributed by atoms with Crippen LogP contribution in [0.5, 0.6) is 0 Å². The van der Waals surface area contributed by atoms with Gasteiger partial charge in [-0.25, -0.2) is 13.1 Å². The average molecular weight is 341 g/mol. The van der Waals surface area contributed by atoms with Crippen molar-refractivity contribution >= 4 is 22.4 Å². The zero-order valence-electron chi connectivity index (χ0n) is 12.6. The number of hydrogen-bond acceptors (Lipinski definition) is 3. The fourth-order valence-electron chi connectivity index (χ4n) is 1.88. The normalized spacial score (nSPS) is 12.5. The number of hydrogen-bond donors (Lipinski definition) is 2. The van der Waals surface area contributed by atoms with E-state index in [1.165, 1.54) is 0 Å². The number of benzene rings is 2. The van der Waals surface area contributed by atoms with Gasteiger partial charge in [0.15, 0.2) is 0 Å². The average Bonchev–Trinajstić information content (AvgIpc) is 2.53. The van der Waals surface area contributed by atoms with Gasteiger partial charge in [-0.1, -0.05) is 42.5 Å². The van der Waals surface area contributed by atoms with Crippen molar-refractivity contribution in [2.75, 3.05) is 13.6 Å². The maximum Gasteiger partial charge on any atom is 0.240 e. The van der Waals surface area contributed by atoms with Gasteiger partial charge in [-0.2, -0.15) is 0 Å². The molecule has 1 atom stereocenters. The van der Waals surface area contributed by atoms with Gasteiger partial charge in [-0.3, -0.25) is 0 Å². The smallest absolute Gasteiger partial charge is 0.240 e. The molecule has 0 radical (unpaired) electrons. The van der Waals surface area contributed by atoms with E-state index in [1.54, 1.807) is 19.2 Å². The molecule has 0 fully saturated rings. The van der Waals surface area contributed by atoms with Crippen LogP contribution in [-0.4, -0.2) is 28.1 Å². The van der Waals surface area contributed by atoms with E-state index in [4.69, 9.17) is 0 Å². The molecule has 0 spiro atoms. The highest BCUT2D eigenvalue weighted by Gasteiger charge is 2.14. The van der Waals surface area contributed by atoms with Crippen molar-refractivity contribution in [3.05, 3.63) is 54.6 Å². The molecule has 0 aliphatic rings. The van der Waals surface area contributed by atoms with Crippen molar-refractivity contribution in [1.82, 2.24) is 10.0 Å². The Bertz CT molecular complexity index is 673. The van der Waals surface area contributed by atoms with Gasteiger partial charge >= 0.3 is 0 Å². The van der Waals surface area contributed by atoms with Crippen LogP contribution in [0.15, 0.2) is 59.5 Å². The van der Waals surface area contributed by atoms with Gasteiger partial charge in [-0.05, 0) is 37.2 Å². The lowest BCUT2D eigenvalue weighted by Crippen LogP contribution is -2.37. The highest BCUT2D eigenvalue weighted by atomic mass is 35.5. The second-order valence-corrected chi connectivity index (χ2v) is 6.70. The Hall–Kier alpha value is -1.40. The van der Waals surface area contributed by atoms with Gasteiger partial charge in [0, 0.05) is 12.6 Å². The first-order chi connectivity index (χ1) is 10.0. The van der Waals surface area contributed by atoms with Crippen LogP contribution in [0, 0.1) is 0 Å². The minimum atomic E-state index is -3.45.